The molecule has 0 bridgehead atoms. The lowest BCUT2D eigenvalue weighted by Crippen LogP contribution is -2.28. The molecule has 1 atom stereocenters. The van der Waals surface area contributed by atoms with Gasteiger partial charge in [-0.2, -0.15) is 0 Å². The molecule has 0 saturated heterocycles. The molecule has 0 aliphatic heterocycles. The van der Waals surface area contributed by atoms with Gasteiger partial charge in [0.15, 0.2) is 0 Å². The second-order valence-electron chi connectivity index (χ2n) is 6.31. The maximum atomic E-state index is 13.5. The number of benzene rings is 2. The van der Waals surface area contributed by atoms with Crippen molar-refractivity contribution in [1.82, 2.24) is 4.57 Å². The fourth-order valence-electron chi connectivity index (χ4n) is 3.65. The molecule has 0 spiro atoms. The maximum Gasteiger partial charge on any atom is 0.123 e. The van der Waals surface area contributed by atoms with Crippen LogP contribution in [0, 0.1) is 5.82 Å². The summed E-state index contributed by atoms with van der Waals surface area (Å²) in [6, 6.07) is 13.5. The molecule has 0 saturated carbocycles. The van der Waals surface area contributed by atoms with Crippen LogP contribution in [0.15, 0.2) is 46.9 Å². The normalized spacial score (nSPS) is 16.7. The van der Waals surface area contributed by atoms with Gasteiger partial charge in [0.25, 0.3) is 0 Å². The lowest BCUT2D eigenvalue weighted by molar-refractivity contribution is 0.555. The first-order valence-electron chi connectivity index (χ1n) is 7.91. The average molecular weight is 410 g/mol. The van der Waals surface area contributed by atoms with Gasteiger partial charge in [0.1, 0.15) is 5.82 Å². The van der Waals surface area contributed by atoms with Crippen LogP contribution in [0.1, 0.15) is 23.2 Å². The molecule has 1 aliphatic rings. The van der Waals surface area contributed by atoms with Crippen LogP contribution in [0.25, 0.3) is 10.9 Å². The molecular weight excluding hydrogens is 391 g/mol. The number of hydrogen-bond donors (Lipinski definition) is 1. The molecule has 1 aliphatic carbocycles. The highest BCUT2D eigenvalue weighted by Gasteiger charge is 2.23. The van der Waals surface area contributed by atoms with Gasteiger partial charge >= 0.3 is 0 Å². The van der Waals surface area contributed by atoms with Crippen molar-refractivity contribution in [1.29, 1.82) is 0 Å². The van der Waals surface area contributed by atoms with E-state index in [1.54, 1.807) is 12.1 Å². The molecule has 24 heavy (non-hydrogen) atoms. The Kier molecular flexibility index (Phi) is 5.00. The number of halogens is 3. The van der Waals surface area contributed by atoms with Crippen molar-refractivity contribution in [2.75, 3.05) is 0 Å². The van der Waals surface area contributed by atoms with Crippen molar-refractivity contribution in [3.63, 3.8) is 0 Å². The van der Waals surface area contributed by atoms with E-state index in [0.717, 1.165) is 29.3 Å². The SMILES string of the molecule is Cl.NC1CCc2c(c3cc(Br)ccc3n2Cc2cccc(F)c2)C1. The molecule has 0 radical (unpaired) electrons. The highest BCUT2D eigenvalue weighted by molar-refractivity contribution is 9.10. The molecule has 1 aromatic heterocycles. The van der Waals surface area contributed by atoms with Gasteiger partial charge in [0.2, 0.25) is 0 Å². The summed E-state index contributed by atoms with van der Waals surface area (Å²) >= 11 is 3.57. The van der Waals surface area contributed by atoms with E-state index in [1.165, 1.54) is 28.2 Å². The Morgan fingerprint density at radius 3 is 2.83 bits per heavy atom. The smallest absolute Gasteiger partial charge is 0.123 e. The summed E-state index contributed by atoms with van der Waals surface area (Å²) in [6.45, 7) is 0.695. The topological polar surface area (TPSA) is 30.9 Å². The fraction of sp³-hybridized carbons (Fsp3) is 0.263. The summed E-state index contributed by atoms with van der Waals surface area (Å²) < 4.78 is 16.9. The van der Waals surface area contributed by atoms with Crippen LogP contribution in [-0.2, 0) is 19.4 Å². The Bertz CT molecular complexity index is 890. The minimum absolute atomic E-state index is 0. The predicted molar refractivity (Wildman–Crippen MR) is 102 cm³/mol. The molecule has 126 valence electrons. The Balaban J connectivity index is 0.00000169. The summed E-state index contributed by atoms with van der Waals surface area (Å²) in [5, 5.41) is 1.26. The molecule has 1 heterocycles. The zero-order valence-corrected chi connectivity index (χ0v) is 15.5. The first kappa shape index (κ1) is 17.5. The van der Waals surface area contributed by atoms with Gasteiger partial charge in [0.05, 0.1) is 0 Å². The average Bonchev–Trinajstić information content (AvgIpc) is 2.80. The van der Waals surface area contributed by atoms with Gasteiger partial charge in [-0.05, 0) is 60.7 Å². The number of rotatable bonds is 2. The zero-order chi connectivity index (χ0) is 16.0. The second-order valence-corrected chi connectivity index (χ2v) is 7.22. The summed E-state index contributed by atoms with van der Waals surface area (Å²) in [7, 11) is 0. The van der Waals surface area contributed by atoms with Crippen LogP contribution >= 0.6 is 28.3 Å². The van der Waals surface area contributed by atoms with Crippen LogP contribution in [0.4, 0.5) is 4.39 Å². The number of nitrogens with two attached hydrogens (primary N) is 1. The van der Waals surface area contributed by atoms with Crippen LogP contribution in [0.3, 0.4) is 0 Å². The lowest BCUT2D eigenvalue weighted by atomic mass is 9.92. The van der Waals surface area contributed by atoms with Crippen molar-refractivity contribution in [2.45, 2.75) is 31.8 Å². The Hall–Kier alpha value is -1.36. The number of aromatic nitrogens is 1. The first-order valence-corrected chi connectivity index (χ1v) is 8.70. The van der Waals surface area contributed by atoms with Gasteiger partial charge in [-0.15, -0.1) is 12.4 Å². The molecule has 2 aromatic carbocycles. The lowest BCUT2D eigenvalue weighted by Gasteiger charge is -2.21. The van der Waals surface area contributed by atoms with E-state index < -0.39 is 0 Å². The van der Waals surface area contributed by atoms with E-state index >= 15 is 0 Å². The van der Waals surface area contributed by atoms with Crippen molar-refractivity contribution in [2.24, 2.45) is 5.73 Å². The third-order valence-electron chi connectivity index (χ3n) is 4.70. The minimum Gasteiger partial charge on any atom is -0.340 e. The van der Waals surface area contributed by atoms with E-state index in [-0.39, 0.29) is 24.3 Å². The second kappa shape index (κ2) is 6.87. The Morgan fingerprint density at radius 1 is 1.21 bits per heavy atom. The van der Waals surface area contributed by atoms with Crippen LogP contribution in [0.5, 0.6) is 0 Å². The molecular formula is C19H19BrClFN2. The highest BCUT2D eigenvalue weighted by Crippen LogP contribution is 2.34. The molecule has 0 fully saturated rings. The zero-order valence-electron chi connectivity index (χ0n) is 13.1. The largest absolute Gasteiger partial charge is 0.340 e. The van der Waals surface area contributed by atoms with E-state index in [1.807, 2.05) is 6.07 Å². The molecule has 3 aromatic rings. The van der Waals surface area contributed by atoms with Crippen molar-refractivity contribution >= 4 is 39.2 Å². The van der Waals surface area contributed by atoms with Gasteiger partial charge in [-0.25, -0.2) is 4.39 Å². The van der Waals surface area contributed by atoms with Crippen LogP contribution in [0.2, 0.25) is 0 Å². The molecule has 0 amide bonds. The minimum atomic E-state index is -0.183. The van der Waals surface area contributed by atoms with E-state index in [0.29, 0.717) is 6.54 Å². The van der Waals surface area contributed by atoms with E-state index in [2.05, 4.69) is 38.7 Å². The summed E-state index contributed by atoms with van der Waals surface area (Å²) in [5.74, 6) is -0.183. The fourth-order valence-corrected chi connectivity index (χ4v) is 4.01. The van der Waals surface area contributed by atoms with Crippen LogP contribution in [-0.4, -0.2) is 10.6 Å². The molecule has 2 nitrogen and oxygen atoms in total. The van der Waals surface area contributed by atoms with Crippen LogP contribution < -0.4 is 5.73 Å². The number of hydrogen-bond acceptors (Lipinski definition) is 1. The Labute approximate surface area is 155 Å². The van der Waals surface area contributed by atoms with E-state index in [4.69, 9.17) is 5.73 Å². The van der Waals surface area contributed by atoms with Crippen molar-refractivity contribution in [3.05, 3.63) is 69.6 Å². The Morgan fingerprint density at radius 2 is 2.04 bits per heavy atom. The predicted octanol–water partition coefficient (Wildman–Crippen LogP) is 4.83. The monoisotopic (exact) mass is 408 g/mol. The van der Waals surface area contributed by atoms with Crippen molar-refractivity contribution in [3.8, 4) is 0 Å². The number of fused-ring (bicyclic) bond motifs is 3. The van der Waals surface area contributed by atoms with Gasteiger partial charge in [-0.1, -0.05) is 28.1 Å². The number of nitrogens with zero attached hydrogens (tertiary/aromatic N) is 1. The summed E-state index contributed by atoms with van der Waals surface area (Å²) in [6.07, 6.45) is 2.91. The highest BCUT2D eigenvalue weighted by atomic mass is 79.9. The first-order chi connectivity index (χ1) is 11.1. The third kappa shape index (κ3) is 3.10. The standard InChI is InChI=1S/C19H18BrFN2.ClH/c20-13-4-6-18-16(9-13)17-10-15(22)5-7-19(17)23(18)11-12-2-1-3-14(21)8-12;/h1-4,6,8-9,15H,5,7,10-11,22H2;1H. The summed E-state index contributed by atoms with van der Waals surface area (Å²) in [5.41, 5.74) is 11.1. The molecule has 1 unspecified atom stereocenters. The van der Waals surface area contributed by atoms with Gasteiger partial charge in [-0.3, -0.25) is 0 Å². The van der Waals surface area contributed by atoms with Gasteiger partial charge < -0.3 is 10.3 Å². The van der Waals surface area contributed by atoms with E-state index in [9.17, 15) is 4.39 Å². The quantitative estimate of drug-likeness (QED) is 0.646. The molecule has 2 N–H and O–H groups in total. The maximum absolute atomic E-state index is 13.5. The third-order valence-corrected chi connectivity index (χ3v) is 5.19. The molecule has 4 rings (SSSR count). The van der Waals surface area contributed by atoms with Crippen molar-refractivity contribution < 1.29 is 4.39 Å². The summed E-state index contributed by atoms with van der Waals surface area (Å²) in [4.78, 5) is 0. The van der Waals surface area contributed by atoms with Gasteiger partial charge in [0, 0.05) is 33.7 Å². The molecule has 5 heteroatoms.